The molecule has 1 aliphatic carbocycles. The Bertz CT molecular complexity index is 234. The number of carbonyl (C=O) groups excluding carboxylic acids is 2. The molecule has 0 aromatic heterocycles. The van der Waals surface area contributed by atoms with E-state index < -0.39 is 10.8 Å². The second-order valence-corrected chi connectivity index (χ2v) is 3.01. The van der Waals surface area contributed by atoms with Crippen LogP contribution in [0, 0.1) is 5.92 Å². The Morgan fingerprint density at radius 2 is 2.00 bits per heavy atom. The zero-order valence-electron chi connectivity index (χ0n) is 6.24. The van der Waals surface area contributed by atoms with Crippen molar-refractivity contribution < 1.29 is 15.1 Å². The van der Waals surface area contributed by atoms with Gasteiger partial charge in [-0.2, -0.15) is 0 Å². The van der Waals surface area contributed by atoms with Crippen molar-refractivity contribution in [3.05, 3.63) is 24.3 Å². The van der Waals surface area contributed by atoms with E-state index in [2.05, 4.69) is 0 Å². The topological polar surface area (TPSA) is 65.6 Å². The molecule has 0 saturated heterocycles. The maximum Gasteiger partial charge on any atom is 0.145 e. The molecule has 66 valence electrons. The molecule has 0 aromatic rings. The minimum Gasteiger partial charge on any atom is -0.412 e. The van der Waals surface area contributed by atoms with Gasteiger partial charge in [-0.25, -0.2) is 0 Å². The summed E-state index contributed by atoms with van der Waals surface area (Å²) in [6, 6.07) is 0. The second-order valence-electron chi connectivity index (χ2n) is 2.35. The molecule has 0 aromatic carbocycles. The van der Waals surface area contributed by atoms with Crippen molar-refractivity contribution in [2.24, 2.45) is 5.92 Å². The quantitative estimate of drug-likeness (QED) is 0.462. The third kappa shape index (κ3) is 1.81. The van der Waals surface area contributed by atoms with Crippen LogP contribution in [0.5, 0.6) is 0 Å². The first kappa shape index (κ1) is 11.1. The number of allylic oxidation sites excluding steroid dienone is 4. The summed E-state index contributed by atoms with van der Waals surface area (Å²) >= 11 is 5.79. The van der Waals surface area contributed by atoms with Crippen molar-refractivity contribution in [1.82, 2.24) is 0 Å². The van der Waals surface area contributed by atoms with E-state index in [0.717, 1.165) is 0 Å². The lowest BCUT2D eigenvalue weighted by molar-refractivity contribution is -0.115. The number of rotatable bonds is 2. The SMILES string of the molecule is O.O=CC1C=CC=CC1(Cl)C=O. The predicted octanol–water partition coefficient (Wildman–Crippen LogP) is 0.279. The standard InChI is InChI=1S/C8H7ClO2.H2O/c9-8(6-11)4-2-1-3-7(8)5-10;/h1-7H;1H2. The fourth-order valence-corrected chi connectivity index (χ4v) is 1.11. The van der Waals surface area contributed by atoms with Crippen LogP contribution in [0.3, 0.4) is 0 Å². The molecule has 0 fully saturated rings. The molecular weight excluding hydrogens is 180 g/mol. The summed E-state index contributed by atoms with van der Waals surface area (Å²) < 4.78 is 0. The first-order chi connectivity index (χ1) is 5.23. The normalized spacial score (nSPS) is 32.2. The Balaban J connectivity index is 0.00000121. The largest absolute Gasteiger partial charge is 0.412 e. The summed E-state index contributed by atoms with van der Waals surface area (Å²) in [5.41, 5.74) is 0. The van der Waals surface area contributed by atoms with Gasteiger partial charge in [0.05, 0.1) is 5.92 Å². The van der Waals surface area contributed by atoms with Gasteiger partial charge in [-0.15, -0.1) is 11.6 Å². The molecule has 0 aliphatic heterocycles. The fourth-order valence-electron chi connectivity index (χ4n) is 0.913. The molecule has 0 radical (unpaired) electrons. The third-order valence-corrected chi connectivity index (χ3v) is 2.09. The number of aldehydes is 2. The van der Waals surface area contributed by atoms with Gasteiger partial charge in [-0.3, -0.25) is 0 Å². The van der Waals surface area contributed by atoms with Crippen LogP contribution >= 0.6 is 11.6 Å². The van der Waals surface area contributed by atoms with Crippen LogP contribution in [0.1, 0.15) is 0 Å². The number of halogens is 1. The van der Waals surface area contributed by atoms with E-state index in [1.807, 2.05) is 0 Å². The summed E-state index contributed by atoms with van der Waals surface area (Å²) in [6.45, 7) is 0. The molecule has 0 saturated carbocycles. The Morgan fingerprint density at radius 3 is 2.42 bits per heavy atom. The molecule has 4 heteroatoms. The maximum atomic E-state index is 10.5. The first-order valence-electron chi connectivity index (χ1n) is 3.19. The summed E-state index contributed by atoms with van der Waals surface area (Å²) in [5.74, 6) is -0.535. The van der Waals surface area contributed by atoms with Crippen LogP contribution < -0.4 is 0 Å². The van der Waals surface area contributed by atoms with Gasteiger partial charge >= 0.3 is 0 Å². The van der Waals surface area contributed by atoms with E-state index in [1.165, 1.54) is 6.08 Å². The molecule has 2 atom stereocenters. The highest BCUT2D eigenvalue weighted by Crippen LogP contribution is 2.27. The highest BCUT2D eigenvalue weighted by molar-refractivity contribution is 6.34. The molecule has 12 heavy (non-hydrogen) atoms. The van der Waals surface area contributed by atoms with E-state index in [1.54, 1.807) is 18.2 Å². The van der Waals surface area contributed by atoms with E-state index in [0.29, 0.717) is 12.6 Å². The summed E-state index contributed by atoms with van der Waals surface area (Å²) in [4.78, 5) is 19.7. The van der Waals surface area contributed by atoms with E-state index >= 15 is 0 Å². The number of alkyl halides is 1. The van der Waals surface area contributed by atoms with Crippen LogP contribution in [0.4, 0.5) is 0 Å². The zero-order chi connectivity index (χ0) is 8.32. The van der Waals surface area contributed by atoms with Crippen LogP contribution in [0.25, 0.3) is 0 Å². The molecule has 2 unspecified atom stereocenters. The van der Waals surface area contributed by atoms with Gasteiger partial charge in [0.2, 0.25) is 0 Å². The Morgan fingerprint density at radius 1 is 1.33 bits per heavy atom. The van der Waals surface area contributed by atoms with Crippen LogP contribution in [-0.4, -0.2) is 22.9 Å². The lowest BCUT2D eigenvalue weighted by atomic mass is 9.90. The number of hydrogen-bond acceptors (Lipinski definition) is 2. The Labute approximate surface area is 75.0 Å². The van der Waals surface area contributed by atoms with Gasteiger partial charge in [0.1, 0.15) is 17.4 Å². The molecule has 0 spiro atoms. The monoisotopic (exact) mass is 188 g/mol. The number of hydrogen-bond donors (Lipinski definition) is 0. The average molecular weight is 189 g/mol. The first-order valence-corrected chi connectivity index (χ1v) is 3.57. The van der Waals surface area contributed by atoms with Gasteiger partial charge in [0, 0.05) is 0 Å². The Hall–Kier alpha value is -0.930. The molecule has 0 bridgehead atoms. The molecular formula is C8H9ClO3. The van der Waals surface area contributed by atoms with Gasteiger partial charge in [-0.1, -0.05) is 24.3 Å². The minimum absolute atomic E-state index is 0. The number of carbonyl (C=O) groups is 2. The van der Waals surface area contributed by atoms with Crippen molar-refractivity contribution >= 4 is 24.2 Å². The summed E-state index contributed by atoms with van der Waals surface area (Å²) in [6.07, 6.45) is 7.72. The second kappa shape index (κ2) is 4.18. The molecule has 3 nitrogen and oxygen atoms in total. The van der Waals surface area contributed by atoms with E-state index in [9.17, 15) is 9.59 Å². The van der Waals surface area contributed by atoms with Crippen molar-refractivity contribution in [3.63, 3.8) is 0 Å². The van der Waals surface area contributed by atoms with Gasteiger partial charge in [0.25, 0.3) is 0 Å². The minimum atomic E-state index is -1.16. The zero-order valence-corrected chi connectivity index (χ0v) is 6.99. The average Bonchev–Trinajstić information content (AvgIpc) is 2.05. The molecule has 1 rings (SSSR count). The predicted molar refractivity (Wildman–Crippen MR) is 46.1 cm³/mol. The lowest BCUT2D eigenvalue weighted by Crippen LogP contribution is -2.32. The fraction of sp³-hybridized carbons (Fsp3) is 0.250. The molecule has 0 amide bonds. The van der Waals surface area contributed by atoms with Crippen molar-refractivity contribution in [3.8, 4) is 0 Å². The molecule has 2 N–H and O–H groups in total. The summed E-state index contributed by atoms with van der Waals surface area (Å²) in [7, 11) is 0. The van der Waals surface area contributed by atoms with E-state index in [-0.39, 0.29) is 5.48 Å². The highest BCUT2D eigenvalue weighted by Gasteiger charge is 2.33. The summed E-state index contributed by atoms with van der Waals surface area (Å²) in [5, 5.41) is 0. The van der Waals surface area contributed by atoms with Gasteiger partial charge in [0.15, 0.2) is 0 Å². The van der Waals surface area contributed by atoms with Gasteiger partial charge in [-0.05, 0) is 0 Å². The van der Waals surface area contributed by atoms with Crippen LogP contribution in [0.15, 0.2) is 24.3 Å². The smallest absolute Gasteiger partial charge is 0.145 e. The molecule has 1 aliphatic rings. The van der Waals surface area contributed by atoms with Gasteiger partial charge < -0.3 is 15.1 Å². The highest BCUT2D eigenvalue weighted by atomic mass is 35.5. The van der Waals surface area contributed by atoms with Crippen molar-refractivity contribution in [2.45, 2.75) is 4.87 Å². The maximum absolute atomic E-state index is 10.5. The van der Waals surface area contributed by atoms with Crippen molar-refractivity contribution in [2.75, 3.05) is 0 Å². The Kier molecular flexibility index (Phi) is 3.86. The van der Waals surface area contributed by atoms with Crippen LogP contribution in [0.2, 0.25) is 0 Å². The molecule has 0 heterocycles. The van der Waals surface area contributed by atoms with Crippen LogP contribution in [-0.2, 0) is 9.59 Å². The lowest BCUT2D eigenvalue weighted by Gasteiger charge is -2.22. The third-order valence-electron chi connectivity index (χ3n) is 1.62. The van der Waals surface area contributed by atoms with Crippen molar-refractivity contribution in [1.29, 1.82) is 0 Å². The van der Waals surface area contributed by atoms with E-state index in [4.69, 9.17) is 11.6 Å².